The topological polar surface area (TPSA) is 90.1 Å². The van der Waals surface area contributed by atoms with E-state index in [1.807, 2.05) is 31.2 Å². The lowest BCUT2D eigenvalue weighted by atomic mass is 10.1. The maximum absolute atomic E-state index is 12.5. The van der Waals surface area contributed by atoms with Gasteiger partial charge in [-0.15, -0.1) is 0 Å². The number of carbonyl (C=O) groups excluding carboxylic acids is 1. The minimum Gasteiger partial charge on any atom is -0.307 e. The second kappa shape index (κ2) is 7.37. The van der Waals surface area contributed by atoms with Crippen molar-refractivity contribution < 1.29 is 9.72 Å². The van der Waals surface area contributed by atoms with E-state index in [0.29, 0.717) is 12.4 Å². The third-order valence-corrected chi connectivity index (χ3v) is 4.09. The fraction of sp³-hybridized carbons (Fsp3) is 0.111. The molecule has 0 radical (unpaired) electrons. The quantitative estimate of drug-likeness (QED) is 0.541. The molecule has 2 aromatic carbocycles. The average Bonchev–Trinajstić information content (AvgIpc) is 3.01. The van der Waals surface area contributed by atoms with Crippen LogP contribution in [0.2, 0.25) is 5.02 Å². The van der Waals surface area contributed by atoms with Crippen molar-refractivity contribution in [2.45, 2.75) is 13.5 Å². The molecule has 1 aromatic heterocycles. The molecule has 0 bridgehead atoms. The molecule has 0 aliphatic rings. The molecule has 0 spiro atoms. The van der Waals surface area contributed by atoms with E-state index in [-0.39, 0.29) is 16.3 Å². The van der Waals surface area contributed by atoms with E-state index >= 15 is 0 Å². The summed E-state index contributed by atoms with van der Waals surface area (Å²) in [6.07, 6.45) is 1.59. The van der Waals surface area contributed by atoms with Crippen molar-refractivity contribution in [2.75, 3.05) is 5.32 Å². The van der Waals surface area contributed by atoms with Gasteiger partial charge in [-0.1, -0.05) is 41.4 Å². The Morgan fingerprint density at radius 1 is 1.27 bits per heavy atom. The number of hydrogen-bond acceptors (Lipinski definition) is 4. The van der Waals surface area contributed by atoms with Crippen LogP contribution in [0.15, 0.2) is 54.7 Å². The van der Waals surface area contributed by atoms with Crippen LogP contribution in [-0.2, 0) is 6.54 Å². The Morgan fingerprint density at radius 2 is 2.08 bits per heavy atom. The predicted molar refractivity (Wildman–Crippen MR) is 98.6 cm³/mol. The second-order valence-corrected chi connectivity index (χ2v) is 6.15. The third-order valence-electron chi connectivity index (χ3n) is 3.78. The fourth-order valence-corrected chi connectivity index (χ4v) is 2.79. The van der Waals surface area contributed by atoms with Crippen LogP contribution >= 0.6 is 11.6 Å². The van der Waals surface area contributed by atoms with Crippen LogP contribution in [0.1, 0.15) is 21.5 Å². The molecule has 0 atom stereocenters. The molecule has 0 aliphatic heterocycles. The molecule has 3 aromatic rings. The van der Waals surface area contributed by atoms with Gasteiger partial charge in [0.25, 0.3) is 11.6 Å². The highest BCUT2D eigenvalue weighted by Gasteiger charge is 2.16. The Bertz CT molecular complexity index is 984. The van der Waals surface area contributed by atoms with Gasteiger partial charge in [0.2, 0.25) is 0 Å². The molecular formula is C18H15ClN4O3. The van der Waals surface area contributed by atoms with Crippen molar-refractivity contribution in [2.24, 2.45) is 0 Å². The van der Waals surface area contributed by atoms with Crippen molar-refractivity contribution in [1.29, 1.82) is 0 Å². The summed E-state index contributed by atoms with van der Waals surface area (Å²) < 4.78 is 1.66. The number of amides is 1. The smallest absolute Gasteiger partial charge is 0.270 e. The van der Waals surface area contributed by atoms with E-state index in [4.69, 9.17) is 11.6 Å². The standard InChI is InChI=1S/C18H15ClN4O3/c1-12-3-2-4-13(9-12)11-22-17(7-8-20-22)21-18(24)15-6-5-14(23(25)26)10-16(15)19/h2-10H,11H2,1H3,(H,21,24). The van der Waals surface area contributed by atoms with E-state index in [2.05, 4.69) is 10.4 Å². The number of nitrogens with zero attached hydrogens (tertiary/aromatic N) is 3. The molecule has 8 heteroatoms. The summed E-state index contributed by atoms with van der Waals surface area (Å²) >= 11 is 6.01. The third kappa shape index (κ3) is 3.89. The highest BCUT2D eigenvalue weighted by molar-refractivity contribution is 6.34. The van der Waals surface area contributed by atoms with Gasteiger partial charge in [-0.05, 0) is 18.6 Å². The SMILES string of the molecule is Cc1cccc(Cn2nccc2NC(=O)c2ccc([N+](=O)[O-])cc2Cl)c1. The molecular weight excluding hydrogens is 356 g/mol. The number of benzene rings is 2. The molecule has 7 nitrogen and oxygen atoms in total. The molecule has 0 saturated heterocycles. The van der Waals surface area contributed by atoms with Crippen molar-refractivity contribution >= 4 is 29.0 Å². The Morgan fingerprint density at radius 3 is 2.77 bits per heavy atom. The molecule has 1 amide bonds. The normalized spacial score (nSPS) is 10.5. The van der Waals surface area contributed by atoms with Crippen LogP contribution in [0.5, 0.6) is 0 Å². The molecule has 0 fully saturated rings. The Kier molecular flexibility index (Phi) is 4.99. The van der Waals surface area contributed by atoms with E-state index in [0.717, 1.165) is 17.2 Å². The van der Waals surface area contributed by atoms with E-state index in [9.17, 15) is 14.9 Å². The summed E-state index contributed by atoms with van der Waals surface area (Å²) in [6, 6.07) is 13.4. The molecule has 3 rings (SSSR count). The molecule has 26 heavy (non-hydrogen) atoms. The van der Waals surface area contributed by atoms with Crippen LogP contribution in [0.25, 0.3) is 0 Å². The lowest BCUT2D eigenvalue weighted by molar-refractivity contribution is -0.384. The minimum atomic E-state index is -0.565. The Balaban J connectivity index is 1.79. The number of hydrogen-bond donors (Lipinski definition) is 1. The van der Waals surface area contributed by atoms with Gasteiger partial charge in [-0.3, -0.25) is 14.9 Å². The first-order chi connectivity index (χ1) is 12.4. The number of aryl methyl sites for hydroxylation is 1. The highest BCUT2D eigenvalue weighted by Crippen LogP contribution is 2.23. The van der Waals surface area contributed by atoms with Gasteiger partial charge in [-0.25, -0.2) is 4.68 Å². The minimum absolute atomic E-state index is 0.0152. The number of non-ortho nitro benzene ring substituents is 1. The number of nitro benzene ring substituents is 1. The largest absolute Gasteiger partial charge is 0.307 e. The van der Waals surface area contributed by atoms with Gasteiger partial charge < -0.3 is 5.32 Å². The summed E-state index contributed by atoms with van der Waals surface area (Å²) in [5, 5.41) is 17.7. The van der Waals surface area contributed by atoms with Crippen LogP contribution < -0.4 is 5.32 Å². The van der Waals surface area contributed by atoms with Crippen molar-refractivity contribution in [1.82, 2.24) is 9.78 Å². The summed E-state index contributed by atoms with van der Waals surface area (Å²) in [5.41, 5.74) is 2.17. The van der Waals surface area contributed by atoms with Gasteiger partial charge >= 0.3 is 0 Å². The predicted octanol–water partition coefficient (Wildman–Crippen LogP) is 4.05. The summed E-state index contributed by atoms with van der Waals surface area (Å²) in [5.74, 6) is 0.0433. The lowest BCUT2D eigenvalue weighted by Gasteiger charge is -2.10. The average molecular weight is 371 g/mol. The number of anilines is 1. The number of halogens is 1. The molecule has 0 unspecified atom stereocenters. The van der Waals surface area contributed by atoms with Gasteiger partial charge in [0, 0.05) is 18.2 Å². The van der Waals surface area contributed by atoms with E-state index in [1.54, 1.807) is 16.9 Å². The first kappa shape index (κ1) is 17.6. The van der Waals surface area contributed by atoms with Crippen LogP contribution in [0.3, 0.4) is 0 Å². The Hall–Kier alpha value is -3.19. The highest BCUT2D eigenvalue weighted by atomic mass is 35.5. The zero-order chi connectivity index (χ0) is 18.7. The number of aromatic nitrogens is 2. The maximum atomic E-state index is 12.5. The number of nitro groups is 1. The first-order valence-corrected chi connectivity index (χ1v) is 8.14. The fourth-order valence-electron chi connectivity index (χ4n) is 2.53. The Labute approximate surface area is 154 Å². The summed E-state index contributed by atoms with van der Waals surface area (Å²) in [4.78, 5) is 22.7. The van der Waals surface area contributed by atoms with Gasteiger partial charge in [0.1, 0.15) is 5.82 Å². The zero-order valence-electron chi connectivity index (χ0n) is 13.8. The maximum Gasteiger partial charge on any atom is 0.270 e. The first-order valence-electron chi connectivity index (χ1n) is 7.76. The monoisotopic (exact) mass is 370 g/mol. The van der Waals surface area contributed by atoms with Crippen molar-refractivity contribution in [3.8, 4) is 0 Å². The molecule has 0 saturated carbocycles. The number of nitrogens with one attached hydrogen (secondary N) is 1. The summed E-state index contributed by atoms with van der Waals surface area (Å²) in [7, 11) is 0. The summed E-state index contributed by atoms with van der Waals surface area (Å²) in [6.45, 7) is 2.50. The van der Waals surface area contributed by atoms with Crippen LogP contribution in [0.4, 0.5) is 11.5 Å². The van der Waals surface area contributed by atoms with Crippen molar-refractivity contribution in [3.63, 3.8) is 0 Å². The van der Waals surface area contributed by atoms with Gasteiger partial charge in [-0.2, -0.15) is 5.10 Å². The van der Waals surface area contributed by atoms with Crippen LogP contribution in [-0.4, -0.2) is 20.6 Å². The van der Waals surface area contributed by atoms with E-state index in [1.165, 1.54) is 12.1 Å². The second-order valence-electron chi connectivity index (χ2n) is 5.74. The number of carbonyl (C=O) groups is 1. The van der Waals surface area contributed by atoms with Gasteiger partial charge in [0.15, 0.2) is 0 Å². The molecule has 0 aliphatic carbocycles. The molecule has 1 N–H and O–H groups in total. The van der Waals surface area contributed by atoms with E-state index < -0.39 is 10.8 Å². The van der Waals surface area contributed by atoms with Crippen molar-refractivity contribution in [3.05, 3.63) is 86.6 Å². The molecule has 132 valence electrons. The lowest BCUT2D eigenvalue weighted by Crippen LogP contribution is -2.16. The zero-order valence-corrected chi connectivity index (χ0v) is 14.6. The van der Waals surface area contributed by atoms with Gasteiger partial charge in [0.05, 0.1) is 28.3 Å². The molecule has 1 heterocycles. The number of rotatable bonds is 5. The van der Waals surface area contributed by atoms with Crippen LogP contribution in [0, 0.1) is 17.0 Å².